The highest BCUT2D eigenvalue weighted by molar-refractivity contribution is 7.89. The highest BCUT2D eigenvalue weighted by Crippen LogP contribution is 2.26. The Kier molecular flexibility index (Phi) is 3.88. The highest BCUT2D eigenvalue weighted by Gasteiger charge is 2.34. The van der Waals surface area contributed by atoms with Crippen LogP contribution in [0.15, 0.2) is 29.2 Å². The highest BCUT2D eigenvalue weighted by atomic mass is 32.2. The van der Waals surface area contributed by atoms with Gasteiger partial charge in [0.15, 0.2) is 0 Å². The van der Waals surface area contributed by atoms with Crippen molar-refractivity contribution < 1.29 is 23.4 Å². The van der Waals surface area contributed by atoms with Crippen LogP contribution in [0, 0.1) is 5.92 Å². The van der Waals surface area contributed by atoms with Gasteiger partial charge in [0.1, 0.15) is 0 Å². The molecule has 1 atom stereocenters. The fourth-order valence-electron chi connectivity index (χ4n) is 2.17. The van der Waals surface area contributed by atoms with E-state index in [1.165, 1.54) is 28.6 Å². The topological polar surface area (TPSA) is 94.9 Å². The summed E-state index contributed by atoms with van der Waals surface area (Å²) in [5, 5.41) is 18.1. The van der Waals surface area contributed by atoms with Crippen molar-refractivity contribution in [2.45, 2.75) is 11.3 Å². The summed E-state index contributed by atoms with van der Waals surface area (Å²) >= 11 is 0. The van der Waals surface area contributed by atoms with E-state index in [9.17, 15) is 13.2 Å². The molecule has 1 aliphatic heterocycles. The Labute approximate surface area is 111 Å². The number of benzene rings is 1. The number of aliphatic hydroxyl groups excluding tert-OH is 1. The van der Waals surface area contributed by atoms with Crippen molar-refractivity contribution in [2.24, 2.45) is 5.92 Å². The molecule has 0 aromatic heterocycles. The second kappa shape index (κ2) is 5.28. The van der Waals surface area contributed by atoms with Gasteiger partial charge in [-0.15, -0.1) is 0 Å². The average Bonchev–Trinajstić information content (AvgIpc) is 2.88. The van der Waals surface area contributed by atoms with Crippen LogP contribution >= 0.6 is 0 Å². The second-order valence-corrected chi connectivity index (χ2v) is 6.41. The standard InChI is InChI=1S/C12H15NO5S/c14-8-9-5-6-13(7-9)19(17,18)11-4-2-1-3-10(11)12(15)16/h1-4,9,14H,5-8H2,(H,15,16). The van der Waals surface area contributed by atoms with E-state index in [0.29, 0.717) is 13.0 Å². The number of nitrogens with zero attached hydrogens (tertiary/aromatic N) is 1. The molecule has 0 radical (unpaired) electrons. The first-order chi connectivity index (χ1) is 8.96. The molecule has 1 aliphatic rings. The van der Waals surface area contributed by atoms with Crippen LogP contribution < -0.4 is 0 Å². The lowest BCUT2D eigenvalue weighted by Gasteiger charge is -2.17. The van der Waals surface area contributed by atoms with Gasteiger partial charge in [0, 0.05) is 19.7 Å². The van der Waals surface area contributed by atoms with Crippen LogP contribution in [0.2, 0.25) is 0 Å². The van der Waals surface area contributed by atoms with Crippen LogP contribution in [0.4, 0.5) is 0 Å². The van der Waals surface area contributed by atoms with E-state index in [1.54, 1.807) is 0 Å². The van der Waals surface area contributed by atoms with E-state index >= 15 is 0 Å². The summed E-state index contributed by atoms with van der Waals surface area (Å²) < 4.78 is 26.0. The summed E-state index contributed by atoms with van der Waals surface area (Å²) in [4.78, 5) is 10.9. The molecule has 1 saturated heterocycles. The Balaban J connectivity index is 2.38. The Bertz CT molecular complexity index is 584. The van der Waals surface area contributed by atoms with Crippen molar-refractivity contribution in [3.05, 3.63) is 29.8 Å². The lowest BCUT2D eigenvalue weighted by atomic mass is 10.1. The molecule has 0 aliphatic carbocycles. The molecule has 2 N–H and O–H groups in total. The van der Waals surface area contributed by atoms with Crippen molar-refractivity contribution in [3.8, 4) is 0 Å². The molecule has 19 heavy (non-hydrogen) atoms. The predicted molar refractivity (Wildman–Crippen MR) is 67.4 cm³/mol. The maximum Gasteiger partial charge on any atom is 0.337 e. The molecule has 0 spiro atoms. The molecule has 1 heterocycles. The van der Waals surface area contributed by atoms with E-state index in [1.807, 2.05) is 0 Å². The second-order valence-electron chi connectivity index (χ2n) is 4.50. The number of aliphatic hydroxyl groups is 1. The van der Waals surface area contributed by atoms with Gasteiger partial charge in [-0.1, -0.05) is 12.1 Å². The van der Waals surface area contributed by atoms with E-state index < -0.39 is 16.0 Å². The number of sulfonamides is 1. The van der Waals surface area contributed by atoms with Crippen LogP contribution in [0.25, 0.3) is 0 Å². The van der Waals surface area contributed by atoms with Crippen molar-refractivity contribution in [2.75, 3.05) is 19.7 Å². The van der Waals surface area contributed by atoms with E-state index in [0.717, 1.165) is 0 Å². The molecule has 1 fully saturated rings. The summed E-state index contributed by atoms with van der Waals surface area (Å²) in [7, 11) is -3.82. The number of carboxylic acid groups (broad SMARTS) is 1. The van der Waals surface area contributed by atoms with Gasteiger partial charge in [0.05, 0.1) is 10.5 Å². The first kappa shape index (κ1) is 14.0. The lowest BCUT2D eigenvalue weighted by molar-refractivity contribution is 0.0692. The fraction of sp³-hybridized carbons (Fsp3) is 0.417. The van der Waals surface area contributed by atoms with E-state index in [2.05, 4.69) is 0 Å². The predicted octanol–water partition coefficient (Wildman–Crippen LogP) is 0.388. The largest absolute Gasteiger partial charge is 0.478 e. The van der Waals surface area contributed by atoms with Gasteiger partial charge in [0.25, 0.3) is 0 Å². The zero-order valence-corrected chi connectivity index (χ0v) is 11.0. The number of carboxylic acids is 1. The van der Waals surface area contributed by atoms with Crippen molar-refractivity contribution >= 4 is 16.0 Å². The molecular weight excluding hydrogens is 270 g/mol. The van der Waals surface area contributed by atoms with Gasteiger partial charge in [0.2, 0.25) is 10.0 Å². The smallest absolute Gasteiger partial charge is 0.337 e. The molecule has 0 amide bonds. The van der Waals surface area contributed by atoms with Crippen LogP contribution in [-0.4, -0.2) is 48.6 Å². The molecule has 7 heteroatoms. The summed E-state index contributed by atoms with van der Waals surface area (Å²) in [5.41, 5.74) is -0.227. The van der Waals surface area contributed by atoms with Gasteiger partial charge in [-0.25, -0.2) is 13.2 Å². The molecule has 1 aromatic rings. The Hall–Kier alpha value is -1.44. The number of hydrogen-bond donors (Lipinski definition) is 2. The van der Waals surface area contributed by atoms with Gasteiger partial charge in [-0.2, -0.15) is 4.31 Å². The first-order valence-corrected chi connectivity index (χ1v) is 7.34. The summed E-state index contributed by atoms with van der Waals surface area (Å²) in [5.74, 6) is -1.34. The van der Waals surface area contributed by atoms with E-state index in [-0.39, 0.29) is 29.5 Å². The summed E-state index contributed by atoms with van der Waals surface area (Å²) in [6.07, 6.45) is 0.588. The number of rotatable bonds is 4. The fourth-order valence-corrected chi connectivity index (χ4v) is 3.89. The van der Waals surface area contributed by atoms with Crippen LogP contribution in [0.5, 0.6) is 0 Å². The number of aromatic carboxylic acids is 1. The molecule has 104 valence electrons. The molecule has 0 bridgehead atoms. The minimum absolute atomic E-state index is 0.0629. The lowest BCUT2D eigenvalue weighted by Crippen LogP contribution is -2.30. The molecule has 2 rings (SSSR count). The minimum Gasteiger partial charge on any atom is -0.478 e. The monoisotopic (exact) mass is 285 g/mol. The van der Waals surface area contributed by atoms with E-state index in [4.69, 9.17) is 10.2 Å². The van der Waals surface area contributed by atoms with Gasteiger partial charge >= 0.3 is 5.97 Å². The molecule has 0 saturated carbocycles. The maximum atomic E-state index is 12.4. The number of hydrogen-bond acceptors (Lipinski definition) is 4. The third-order valence-electron chi connectivity index (χ3n) is 3.24. The molecule has 1 aromatic carbocycles. The van der Waals surface area contributed by atoms with Gasteiger partial charge < -0.3 is 10.2 Å². The third-order valence-corrected chi connectivity index (χ3v) is 5.17. The quantitative estimate of drug-likeness (QED) is 0.834. The molecule has 6 nitrogen and oxygen atoms in total. The van der Waals surface area contributed by atoms with Crippen LogP contribution in [0.3, 0.4) is 0 Å². The maximum absolute atomic E-state index is 12.4. The Morgan fingerprint density at radius 3 is 2.63 bits per heavy atom. The van der Waals surface area contributed by atoms with Crippen LogP contribution in [0.1, 0.15) is 16.8 Å². The van der Waals surface area contributed by atoms with Gasteiger partial charge in [-0.05, 0) is 24.5 Å². The molecular formula is C12H15NO5S. The van der Waals surface area contributed by atoms with Crippen molar-refractivity contribution in [3.63, 3.8) is 0 Å². The van der Waals surface area contributed by atoms with Crippen LogP contribution in [-0.2, 0) is 10.0 Å². The van der Waals surface area contributed by atoms with Crippen molar-refractivity contribution in [1.82, 2.24) is 4.31 Å². The summed E-state index contributed by atoms with van der Waals surface area (Å²) in [6, 6.07) is 5.56. The van der Waals surface area contributed by atoms with Crippen molar-refractivity contribution in [1.29, 1.82) is 0 Å². The third kappa shape index (κ3) is 2.63. The minimum atomic E-state index is -3.82. The SMILES string of the molecule is O=C(O)c1ccccc1S(=O)(=O)N1CCC(CO)C1. The normalized spacial score (nSPS) is 20.6. The summed E-state index contributed by atoms with van der Waals surface area (Å²) in [6.45, 7) is 0.473. The Morgan fingerprint density at radius 1 is 1.37 bits per heavy atom. The zero-order valence-electron chi connectivity index (χ0n) is 10.2. The average molecular weight is 285 g/mol. The molecule has 1 unspecified atom stereocenters. The van der Waals surface area contributed by atoms with Gasteiger partial charge in [-0.3, -0.25) is 0 Å². The number of carbonyl (C=O) groups is 1. The Morgan fingerprint density at radius 2 is 2.05 bits per heavy atom. The first-order valence-electron chi connectivity index (χ1n) is 5.90. The zero-order chi connectivity index (χ0) is 14.0.